The minimum Gasteiger partial charge on any atom is -0.324 e. The van der Waals surface area contributed by atoms with E-state index in [2.05, 4.69) is 7.90 Å². The highest BCUT2D eigenvalue weighted by atomic mass is 32.3. The molecule has 0 radical (unpaired) electrons. The van der Waals surface area contributed by atoms with Crippen LogP contribution in [0.1, 0.15) is 18.1 Å². The molecule has 0 aliphatic rings. The molecule has 8 heteroatoms. The Hall–Kier alpha value is -2.13. The Balaban J connectivity index is 2.14. The van der Waals surface area contributed by atoms with Crippen molar-refractivity contribution in [2.45, 2.75) is 35.5 Å². The molecule has 3 aromatic carbocycles. The molecule has 3 rings (SSSR count). The third-order valence-electron chi connectivity index (χ3n) is 4.33. The smallest absolute Gasteiger partial charge is 0.289 e. The van der Waals surface area contributed by atoms with Gasteiger partial charge in [0.05, 0.1) is 10.6 Å². The summed E-state index contributed by atoms with van der Waals surface area (Å²) in [6, 6.07) is 22.6. The number of hydrogen-bond donors (Lipinski definition) is 0. The zero-order chi connectivity index (χ0) is 21.8. The summed E-state index contributed by atoms with van der Waals surface area (Å²) in [5.41, 5.74) is 1.90. The monoisotopic (exact) mass is 460 g/mol. The molecule has 0 spiro atoms. The molecular weight excluding hydrogens is 436 g/mol. The fourth-order valence-electron chi connectivity index (χ4n) is 2.66. The first-order chi connectivity index (χ1) is 14.2. The van der Waals surface area contributed by atoms with Crippen LogP contribution >= 0.6 is 0 Å². The molecule has 5 nitrogen and oxygen atoms in total. The highest BCUT2D eigenvalue weighted by Crippen LogP contribution is 2.31. The molecule has 0 bridgehead atoms. The number of aryl methyl sites for hydroxylation is 2. The summed E-state index contributed by atoms with van der Waals surface area (Å²) in [5, 5.41) is 0. The van der Waals surface area contributed by atoms with Crippen LogP contribution in [0.15, 0.2) is 97.3 Å². The third kappa shape index (κ3) is 5.31. The molecule has 0 fully saturated rings. The fourth-order valence-corrected chi connectivity index (χ4v) is 8.63. The zero-order valence-corrected chi connectivity index (χ0v) is 19.5. The van der Waals surface area contributed by atoms with E-state index in [9.17, 15) is 12.6 Å². The van der Waals surface area contributed by atoms with Crippen LogP contribution in [0.5, 0.6) is 0 Å². The van der Waals surface area contributed by atoms with Gasteiger partial charge in [-0.25, -0.2) is 0 Å². The van der Waals surface area contributed by atoms with Crippen molar-refractivity contribution < 1.29 is 12.6 Å². The third-order valence-corrected chi connectivity index (χ3v) is 10.6. The lowest BCUT2D eigenvalue weighted by Gasteiger charge is -2.24. The van der Waals surface area contributed by atoms with E-state index in [1.54, 1.807) is 36.4 Å². The summed E-state index contributed by atoms with van der Waals surface area (Å²) in [6.45, 7) is 5.71. The Kier molecular flexibility index (Phi) is 7.02. The summed E-state index contributed by atoms with van der Waals surface area (Å²) in [4.78, 5) is 1.17. The average Bonchev–Trinajstić information content (AvgIpc) is 2.73. The topological polar surface area (TPSA) is 77.7 Å². The van der Waals surface area contributed by atoms with Gasteiger partial charge in [-0.2, -0.15) is 8.42 Å². The minimum atomic E-state index is -4.17. The second kappa shape index (κ2) is 9.34. The first-order valence-electron chi connectivity index (χ1n) is 9.39. The Bertz CT molecular complexity index is 1210. The largest absolute Gasteiger partial charge is 0.324 e. The molecule has 0 aromatic heterocycles. The van der Waals surface area contributed by atoms with Gasteiger partial charge < -0.3 is 4.13 Å². The van der Waals surface area contributed by atoms with Crippen molar-refractivity contribution in [3.8, 4) is 0 Å². The second-order valence-corrected chi connectivity index (χ2v) is 12.6. The van der Waals surface area contributed by atoms with Crippen LogP contribution in [0.4, 0.5) is 0 Å². The van der Waals surface area contributed by atoms with Gasteiger partial charge in [-0.3, -0.25) is 4.21 Å². The van der Waals surface area contributed by atoms with E-state index in [-0.39, 0.29) is 9.79 Å². The first-order valence-corrected chi connectivity index (χ1v) is 13.7. The Morgan fingerprint density at radius 3 is 1.77 bits per heavy atom. The minimum absolute atomic E-state index is 0.000713. The maximum Gasteiger partial charge on any atom is 0.289 e. The van der Waals surface area contributed by atoms with E-state index >= 15 is 0 Å². The van der Waals surface area contributed by atoms with Crippen LogP contribution < -0.4 is 0 Å². The predicted molar refractivity (Wildman–Crippen MR) is 124 cm³/mol. The van der Waals surface area contributed by atoms with Crippen molar-refractivity contribution in [1.29, 1.82) is 0 Å². The summed E-state index contributed by atoms with van der Waals surface area (Å²) < 4.78 is 48.4. The van der Waals surface area contributed by atoms with Crippen LogP contribution in [0.25, 0.3) is 4.13 Å². The van der Waals surface area contributed by atoms with Crippen LogP contribution in [0.3, 0.4) is 0 Å². The van der Waals surface area contributed by atoms with E-state index in [0.717, 1.165) is 16.0 Å². The molecule has 158 valence electrons. The van der Waals surface area contributed by atoms with Gasteiger partial charge in [0, 0.05) is 14.8 Å². The molecule has 30 heavy (non-hydrogen) atoms. The number of rotatable bonds is 7. The first kappa shape index (κ1) is 22.6. The molecule has 0 saturated heterocycles. The standard InChI is InChI=1S/C22H24N2O3S3/c1-4-28(20-8-6-5-7-9-20)23-29(25,21-14-10-18(2)11-15-21)24-30(26,27)22-16-12-19(3)13-17-22/h5-17H,4H2,1-3H3. The molecule has 0 heterocycles. The quantitative estimate of drug-likeness (QED) is 0.442. The number of benzene rings is 3. The maximum absolute atomic E-state index is 14.0. The average molecular weight is 461 g/mol. The molecule has 0 aliphatic heterocycles. The van der Waals surface area contributed by atoms with Crippen molar-refractivity contribution in [3.05, 3.63) is 94.1 Å². The number of sulfonamides is 1. The molecule has 3 aromatic rings. The molecule has 0 amide bonds. The number of hydrogen-bond acceptors (Lipinski definition) is 3. The van der Waals surface area contributed by atoms with Gasteiger partial charge in [-0.15, -0.1) is 3.77 Å². The lowest BCUT2D eigenvalue weighted by Crippen LogP contribution is -2.13. The second-order valence-electron chi connectivity index (χ2n) is 6.71. The van der Waals surface area contributed by atoms with Gasteiger partial charge >= 0.3 is 0 Å². The normalized spacial score (nSPS) is 14.6. The van der Waals surface area contributed by atoms with E-state index in [1.165, 1.54) is 12.1 Å². The summed E-state index contributed by atoms with van der Waals surface area (Å²) >= 11 is -0.774. The van der Waals surface area contributed by atoms with Gasteiger partial charge in [-0.05, 0) is 68.3 Å². The summed E-state index contributed by atoms with van der Waals surface area (Å²) in [5.74, 6) is 0.590. The van der Waals surface area contributed by atoms with Crippen molar-refractivity contribution in [1.82, 2.24) is 0 Å². The molecule has 0 N–H and O–H groups in total. The van der Waals surface area contributed by atoms with Crippen LogP contribution in [-0.4, -0.2) is 18.4 Å². The van der Waals surface area contributed by atoms with Gasteiger partial charge in [0.15, 0.2) is 0 Å². The molecule has 2 atom stereocenters. The van der Waals surface area contributed by atoms with Gasteiger partial charge in [0.2, 0.25) is 0 Å². The van der Waals surface area contributed by atoms with Gasteiger partial charge in [0.25, 0.3) is 10.0 Å². The van der Waals surface area contributed by atoms with Crippen LogP contribution in [0.2, 0.25) is 0 Å². The lowest BCUT2D eigenvalue weighted by atomic mass is 10.2. The van der Waals surface area contributed by atoms with Gasteiger partial charge in [0.1, 0.15) is 4.90 Å². The predicted octanol–water partition coefficient (Wildman–Crippen LogP) is 5.42. The molecule has 0 saturated carbocycles. The van der Waals surface area contributed by atoms with Crippen LogP contribution in [0, 0.1) is 13.8 Å². The molecule has 2 unspecified atom stereocenters. The van der Waals surface area contributed by atoms with E-state index in [1.807, 2.05) is 51.1 Å². The number of nitrogens with zero attached hydrogens (tertiary/aromatic N) is 2. The molecule has 0 aliphatic carbocycles. The molecular formula is C22H24N2O3S3. The summed E-state index contributed by atoms with van der Waals surface area (Å²) in [7, 11) is -7.75. The van der Waals surface area contributed by atoms with Crippen molar-refractivity contribution in [2.24, 2.45) is 3.77 Å². The Morgan fingerprint density at radius 1 is 0.767 bits per heavy atom. The van der Waals surface area contributed by atoms with Crippen LogP contribution in [-0.2, 0) is 31.0 Å². The van der Waals surface area contributed by atoms with Gasteiger partial charge in [-0.1, -0.05) is 53.6 Å². The summed E-state index contributed by atoms with van der Waals surface area (Å²) in [6.07, 6.45) is 0. The SMILES string of the molecule is CC[S+]([N-]S(=O)(=NS(=O)(=O)c1ccc(C)cc1)c1ccc(C)cc1)c1ccccc1. The zero-order valence-electron chi connectivity index (χ0n) is 17.1. The van der Waals surface area contributed by atoms with Crippen molar-refractivity contribution in [2.75, 3.05) is 5.75 Å². The van der Waals surface area contributed by atoms with E-state index in [0.29, 0.717) is 5.75 Å². The Morgan fingerprint density at radius 2 is 1.27 bits per heavy atom. The highest BCUT2D eigenvalue weighted by Gasteiger charge is 2.21. The Labute approximate surface area is 182 Å². The highest BCUT2D eigenvalue weighted by molar-refractivity contribution is 8.17. The lowest BCUT2D eigenvalue weighted by molar-refractivity contribution is 0.598. The van der Waals surface area contributed by atoms with E-state index < -0.39 is 31.0 Å². The fraction of sp³-hybridized carbons (Fsp3) is 0.182. The van der Waals surface area contributed by atoms with Crippen molar-refractivity contribution in [3.63, 3.8) is 0 Å². The van der Waals surface area contributed by atoms with Crippen molar-refractivity contribution >= 4 is 31.0 Å². The maximum atomic E-state index is 14.0. The van der Waals surface area contributed by atoms with E-state index in [4.69, 9.17) is 0 Å².